The molecule has 1 aliphatic rings. The zero-order valence-corrected chi connectivity index (χ0v) is 23.6. The van der Waals surface area contributed by atoms with Gasteiger partial charge in [-0.3, -0.25) is 0 Å². The summed E-state index contributed by atoms with van der Waals surface area (Å²) in [6.45, 7) is 17.7. The van der Waals surface area contributed by atoms with Crippen molar-refractivity contribution < 1.29 is 14.3 Å². The van der Waals surface area contributed by atoms with Gasteiger partial charge in [0.15, 0.2) is 0 Å². The Morgan fingerprint density at radius 1 is 0.857 bits per heavy atom. The molecular weight excluding hydrogens is 500 g/mol. The van der Waals surface area contributed by atoms with E-state index in [-0.39, 0.29) is 28.8 Å². The molecule has 4 rings (SSSR count). The highest BCUT2D eigenvalue weighted by Gasteiger charge is 2.40. The molecule has 0 bridgehead atoms. The molecule has 184 valence electrons. The molecule has 0 fully saturated rings. The van der Waals surface area contributed by atoms with Gasteiger partial charge >= 0.3 is 5.97 Å². The Kier molecular flexibility index (Phi) is 6.42. The third-order valence-electron chi connectivity index (χ3n) is 6.85. The van der Waals surface area contributed by atoms with Crippen molar-refractivity contribution in [1.29, 1.82) is 0 Å². The highest BCUT2D eigenvalue weighted by atomic mass is 79.9. The Bertz CT molecular complexity index is 1280. The summed E-state index contributed by atoms with van der Waals surface area (Å²) in [4.78, 5) is 13.4. The van der Waals surface area contributed by atoms with E-state index in [1.165, 1.54) is 5.56 Å². The van der Waals surface area contributed by atoms with E-state index < -0.39 is 0 Å². The Balaban J connectivity index is 1.86. The smallest absolute Gasteiger partial charge is 0.342 e. The Hall–Kier alpha value is -2.59. The van der Waals surface area contributed by atoms with E-state index in [4.69, 9.17) is 9.47 Å². The van der Waals surface area contributed by atoms with Crippen molar-refractivity contribution in [2.45, 2.75) is 78.2 Å². The van der Waals surface area contributed by atoms with Crippen LogP contribution in [0, 0.1) is 0 Å². The van der Waals surface area contributed by atoms with Crippen LogP contribution in [0.1, 0.15) is 93.6 Å². The van der Waals surface area contributed by atoms with Gasteiger partial charge in [-0.1, -0.05) is 97.9 Å². The first kappa shape index (κ1) is 25.5. The molecule has 35 heavy (non-hydrogen) atoms. The Morgan fingerprint density at radius 3 is 1.97 bits per heavy atom. The minimum Gasteiger partial charge on any atom is -0.457 e. The van der Waals surface area contributed by atoms with Crippen molar-refractivity contribution in [3.05, 3.63) is 92.5 Å². The van der Waals surface area contributed by atoms with Gasteiger partial charge in [0.2, 0.25) is 0 Å². The lowest BCUT2D eigenvalue weighted by Crippen LogP contribution is -2.28. The molecule has 0 aromatic heterocycles. The monoisotopic (exact) mass is 534 g/mol. The molecule has 0 saturated heterocycles. The minimum absolute atomic E-state index is 0.00638. The summed E-state index contributed by atoms with van der Waals surface area (Å²) in [6.07, 6.45) is 0. The van der Waals surface area contributed by atoms with Crippen LogP contribution in [0.5, 0.6) is 11.5 Å². The van der Waals surface area contributed by atoms with Gasteiger partial charge in [0.1, 0.15) is 23.7 Å². The van der Waals surface area contributed by atoms with E-state index >= 15 is 0 Å². The molecule has 0 N–H and O–H groups in total. The molecule has 0 unspecified atom stereocenters. The van der Waals surface area contributed by atoms with Gasteiger partial charge in [0, 0.05) is 16.5 Å². The second-order valence-corrected chi connectivity index (χ2v) is 12.9. The number of carbonyl (C=O) groups excluding carboxylic acids is 1. The first-order chi connectivity index (χ1) is 16.2. The van der Waals surface area contributed by atoms with Crippen molar-refractivity contribution in [3.63, 3.8) is 0 Å². The largest absolute Gasteiger partial charge is 0.457 e. The van der Waals surface area contributed by atoms with Gasteiger partial charge in [0.25, 0.3) is 0 Å². The van der Waals surface area contributed by atoms with E-state index in [1.807, 2.05) is 36.4 Å². The third-order valence-corrected chi connectivity index (χ3v) is 7.44. The molecule has 3 aromatic carbocycles. The Labute approximate surface area is 218 Å². The lowest BCUT2D eigenvalue weighted by molar-refractivity contribution is 0.0469. The second-order valence-electron chi connectivity index (χ2n) is 12.0. The van der Waals surface area contributed by atoms with E-state index in [0.29, 0.717) is 11.3 Å². The molecule has 4 heteroatoms. The summed E-state index contributed by atoms with van der Waals surface area (Å²) in [6, 6.07) is 18.2. The van der Waals surface area contributed by atoms with Crippen molar-refractivity contribution in [3.8, 4) is 11.5 Å². The van der Waals surface area contributed by atoms with Crippen molar-refractivity contribution in [2.24, 2.45) is 0 Å². The lowest BCUT2D eigenvalue weighted by Gasteiger charge is -2.38. The van der Waals surface area contributed by atoms with Gasteiger partial charge in [0.05, 0.1) is 4.47 Å². The minimum atomic E-state index is -0.377. The van der Waals surface area contributed by atoms with Crippen LogP contribution in [-0.4, -0.2) is 5.97 Å². The number of hydrogen-bond acceptors (Lipinski definition) is 3. The number of rotatable bonds is 3. The average molecular weight is 536 g/mol. The molecule has 3 aromatic rings. The normalized spacial score (nSPS) is 14.5. The fourth-order valence-corrected chi connectivity index (χ4v) is 4.97. The van der Waals surface area contributed by atoms with Crippen LogP contribution < -0.4 is 4.74 Å². The van der Waals surface area contributed by atoms with Crippen LogP contribution in [-0.2, 0) is 27.6 Å². The summed E-state index contributed by atoms with van der Waals surface area (Å²) in [5, 5.41) is 0. The summed E-state index contributed by atoms with van der Waals surface area (Å²) < 4.78 is 13.2. The summed E-state index contributed by atoms with van der Waals surface area (Å²) >= 11 is 3.76. The number of halogens is 1. The number of hydrogen-bond donors (Lipinski definition) is 0. The molecule has 0 aliphatic carbocycles. The summed E-state index contributed by atoms with van der Waals surface area (Å²) in [5.41, 5.74) is 5.32. The van der Waals surface area contributed by atoms with Gasteiger partial charge in [-0.25, -0.2) is 4.79 Å². The van der Waals surface area contributed by atoms with Crippen LogP contribution in [0.3, 0.4) is 0 Å². The topological polar surface area (TPSA) is 35.5 Å². The molecule has 3 nitrogen and oxygen atoms in total. The van der Waals surface area contributed by atoms with Crippen molar-refractivity contribution in [2.75, 3.05) is 0 Å². The van der Waals surface area contributed by atoms with Crippen LogP contribution in [0.15, 0.2) is 59.1 Å². The van der Waals surface area contributed by atoms with Crippen LogP contribution >= 0.6 is 15.9 Å². The maximum absolute atomic E-state index is 13.4. The molecule has 0 saturated carbocycles. The Morgan fingerprint density at radius 2 is 1.40 bits per heavy atom. The van der Waals surface area contributed by atoms with Crippen LogP contribution in [0.4, 0.5) is 0 Å². The summed E-state index contributed by atoms with van der Waals surface area (Å²) in [5.74, 6) is 0.965. The van der Waals surface area contributed by atoms with Gasteiger partial charge < -0.3 is 9.47 Å². The van der Waals surface area contributed by atoms with Gasteiger partial charge in [-0.15, -0.1) is 0 Å². The molecule has 0 radical (unpaired) electrons. The highest BCUT2D eigenvalue weighted by Crippen LogP contribution is 2.53. The van der Waals surface area contributed by atoms with E-state index in [9.17, 15) is 4.79 Å². The van der Waals surface area contributed by atoms with E-state index in [0.717, 1.165) is 32.5 Å². The maximum Gasteiger partial charge on any atom is 0.342 e. The predicted octanol–water partition coefficient (Wildman–Crippen LogP) is 8.83. The van der Waals surface area contributed by atoms with Crippen LogP contribution in [0.25, 0.3) is 0 Å². The van der Waals surface area contributed by atoms with Gasteiger partial charge in [-0.2, -0.15) is 0 Å². The number of ether oxygens (including phenoxy) is 2. The highest BCUT2D eigenvalue weighted by molar-refractivity contribution is 9.10. The molecule has 1 heterocycles. The predicted molar refractivity (Wildman–Crippen MR) is 146 cm³/mol. The number of carbonyl (C=O) groups is 1. The zero-order valence-electron chi connectivity index (χ0n) is 22.0. The van der Waals surface area contributed by atoms with Crippen molar-refractivity contribution >= 4 is 21.9 Å². The molecule has 1 aliphatic heterocycles. The first-order valence-corrected chi connectivity index (χ1v) is 12.9. The third kappa shape index (κ3) is 4.91. The summed E-state index contributed by atoms with van der Waals surface area (Å²) in [7, 11) is 0. The fourth-order valence-electron chi connectivity index (χ4n) is 4.43. The van der Waals surface area contributed by atoms with Crippen LogP contribution in [0.2, 0.25) is 0 Å². The van der Waals surface area contributed by atoms with E-state index in [2.05, 4.69) is 89.5 Å². The lowest BCUT2D eigenvalue weighted by atomic mass is 9.71. The van der Waals surface area contributed by atoms with Gasteiger partial charge in [-0.05, 0) is 55.6 Å². The van der Waals surface area contributed by atoms with E-state index in [1.54, 1.807) is 0 Å². The molecular formula is C31H35BrO3. The van der Waals surface area contributed by atoms with Crippen molar-refractivity contribution in [1.82, 2.24) is 0 Å². The number of esters is 1. The first-order valence-electron chi connectivity index (χ1n) is 12.1. The number of fused-ring (bicyclic) bond motifs is 2. The zero-order chi connectivity index (χ0) is 25.8. The second kappa shape index (κ2) is 8.81. The quantitative estimate of drug-likeness (QED) is 0.314. The SMILES string of the molecule is CC(C)(C)c1cc(Br)c2c(c1)C(C)(C)c1cc(C(C)(C)C)cc(C(=O)OCc3ccccc3)c1O2. The molecule has 0 atom stereocenters. The fraction of sp³-hybridized carbons (Fsp3) is 0.387. The molecule has 0 amide bonds. The number of benzene rings is 3. The standard InChI is InChI=1S/C31H35BrO3/c1-29(2,3)20-14-22(28(33)34-18-19-12-10-9-11-13-19)26-23(15-20)31(7,8)24-16-21(30(4,5)6)17-25(32)27(24)35-26/h9-17H,18H2,1-8H3. The average Bonchev–Trinajstić information content (AvgIpc) is 2.77. The maximum atomic E-state index is 13.4. The molecule has 0 spiro atoms.